The Balaban J connectivity index is 2.00. The molecular formula is C20H27NO4. The van der Waals surface area contributed by atoms with E-state index in [0.717, 1.165) is 18.4 Å². The van der Waals surface area contributed by atoms with Gasteiger partial charge in [0, 0.05) is 6.54 Å². The molecule has 0 radical (unpaired) electrons. The average Bonchev–Trinajstić information content (AvgIpc) is 3.01. The van der Waals surface area contributed by atoms with Crippen molar-refractivity contribution in [1.29, 1.82) is 0 Å². The van der Waals surface area contributed by atoms with E-state index in [1.165, 1.54) is 0 Å². The Morgan fingerprint density at radius 3 is 2.52 bits per heavy atom. The summed E-state index contributed by atoms with van der Waals surface area (Å²) in [5.41, 5.74) is 1.02. The fraction of sp³-hybridized carbons (Fsp3) is 0.500. The number of carbonyl (C=O) groups excluding carboxylic acids is 2. The molecule has 1 aliphatic rings. The molecule has 0 saturated carbocycles. The number of hydrogen-bond acceptors (Lipinski definition) is 4. The summed E-state index contributed by atoms with van der Waals surface area (Å²) in [5.74, 6) is -0.315. The Hall–Kier alpha value is -2.30. The molecule has 1 atom stereocenters. The third-order valence-electron chi connectivity index (χ3n) is 3.86. The Morgan fingerprint density at radius 1 is 1.24 bits per heavy atom. The van der Waals surface area contributed by atoms with Crippen LogP contribution in [0.4, 0.5) is 4.79 Å². The molecule has 1 fully saturated rings. The van der Waals surface area contributed by atoms with Gasteiger partial charge in [-0.05, 0) is 58.2 Å². The van der Waals surface area contributed by atoms with Crippen molar-refractivity contribution in [2.45, 2.75) is 52.2 Å². The van der Waals surface area contributed by atoms with Crippen LogP contribution in [0.15, 0.2) is 30.3 Å². The molecule has 1 aromatic rings. The van der Waals surface area contributed by atoms with Crippen LogP contribution in [0.5, 0.6) is 0 Å². The van der Waals surface area contributed by atoms with Gasteiger partial charge in [0.05, 0.1) is 18.2 Å². The number of esters is 1. The molecule has 5 nitrogen and oxygen atoms in total. The number of carbonyl (C=O) groups is 2. The average molecular weight is 345 g/mol. The van der Waals surface area contributed by atoms with Crippen molar-refractivity contribution < 1.29 is 19.1 Å². The van der Waals surface area contributed by atoms with Gasteiger partial charge in [-0.3, -0.25) is 0 Å². The topological polar surface area (TPSA) is 55.8 Å². The Kier molecular flexibility index (Phi) is 6.23. The van der Waals surface area contributed by atoms with Gasteiger partial charge >= 0.3 is 12.1 Å². The summed E-state index contributed by atoms with van der Waals surface area (Å²) in [6.45, 7) is 8.48. The van der Waals surface area contributed by atoms with E-state index >= 15 is 0 Å². The van der Waals surface area contributed by atoms with Crippen molar-refractivity contribution in [3.63, 3.8) is 0 Å². The number of rotatable bonds is 4. The lowest BCUT2D eigenvalue weighted by Gasteiger charge is -2.27. The first-order chi connectivity index (χ1) is 11.8. The lowest BCUT2D eigenvalue weighted by Crippen LogP contribution is -2.39. The third kappa shape index (κ3) is 5.62. The second-order valence-corrected chi connectivity index (χ2v) is 7.08. The molecule has 25 heavy (non-hydrogen) atoms. The quantitative estimate of drug-likeness (QED) is 0.765. The summed E-state index contributed by atoms with van der Waals surface area (Å²) < 4.78 is 10.4. The van der Waals surface area contributed by atoms with E-state index in [4.69, 9.17) is 9.47 Å². The molecule has 0 aliphatic carbocycles. The predicted molar refractivity (Wildman–Crippen MR) is 97.4 cm³/mol. The van der Waals surface area contributed by atoms with Crippen LogP contribution in [0.25, 0.3) is 6.08 Å². The zero-order valence-corrected chi connectivity index (χ0v) is 15.5. The Bertz CT molecular complexity index is 628. The van der Waals surface area contributed by atoms with E-state index in [-0.39, 0.29) is 18.1 Å². The van der Waals surface area contributed by atoms with Gasteiger partial charge in [-0.25, -0.2) is 9.59 Å². The molecule has 2 rings (SSSR count). The lowest BCUT2D eigenvalue weighted by molar-refractivity contribution is 0.0256. The first kappa shape index (κ1) is 19.0. The fourth-order valence-electron chi connectivity index (χ4n) is 2.71. The van der Waals surface area contributed by atoms with Gasteiger partial charge in [0.2, 0.25) is 0 Å². The molecule has 0 aromatic heterocycles. The minimum atomic E-state index is -0.489. The van der Waals surface area contributed by atoms with Gasteiger partial charge in [-0.1, -0.05) is 24.3 Å². The summed E-state index contributed by atoms with van der Waals surface area (Å²) in [6.07, 6.45) is 5.63. The molecule has 1 aromatic carbocycles. The van der Waals surface area contributed by atoms with E-state index in [0.29, 0.717) is 18.7 Å². The van der Waals surface area contributed by atoms with Gasteiger partial charge in [-0.2, -0.15) is 0 Å². The first-order valence-electron chi connectivity index (χ1n) is 8.75. The van der Waals surface area contributed by atoms with E-state index < -0.39 is 5.60 Å². The van der Waals surface area contributed by atoms with Gasteiger partial charge in [0.15, 0.2) is 0 Å². The lowest BCUT2D eigenvalue weighted by atomic mass is 10.1. The minimum absolute atomic E-state index is 0.0413. The van der Waals surface area contributed by atoms with E-state index in [1.807, 2.05) is 45.1 Å². The van der Waals surface area contributed by atoms with E-state index in [1.54, 1.807) is 24.0 Å². The number of likely N-dealkylation sites (tertiary alicyclic amines) is 1. The van der Waals surface area contributed by atoms with Gasteiger partial charge in [-0.15, -0.1) is 0 Å². The summed E-state index contributed by atoms with van der Waals surface area (Å²) in [5, 5.41) is 0. The molecule has 0 N–H and O–H groups in total. The predicted octanol–water partition coefficient (Wildman–Crippen LogP) is 4.28. The van der Waals surface area contributed by atoms with Gasteiger partial charge < -0.3 is 14.4 Å². The zero-order chi connectivity index (χ0) is 18.4. The normalized spacial score (nSPS) is 17.8. The van der Waals surface area contributed by atoms with Crippen LogP contribution in [-0.4, -0.2) is 41.8 Å². The molecule has 0 unspecified atom stereocenters. The van der Waals surface area contributed by atoms with Crippen molar-refractivity contribution in [3.8, 4) is 0 Å². The molecule has 5 heteroatoms. The summed E-state index contributed by atoms with van der Waals surface area (Å²) in [4.78, 5) is 25.7. The van der Waals surface area contributed by atoms with Crippen LogP contribution in [0.3, 0.4) is 0 Å². The van der Waals surface area contributed by atoms with E-state index in [9.17, 15) is 9.59 Å². The molecule has 1 heterocycles. The highest BCUT2D eigenvalue weighted by molar-refractivity contribution is 5.89. The number of ether oxygens (including phenoxy) is 2. The van der Waals surface area contributed by atoms with Crippen LogP contribution in [-0.2, 0) is 9.47 Å². The molecule has 0 bridgehead atoms. The van der Waals surface area contributed by atoms with E-state index in [2.05, 4.69) is 0 Å². The van der Waals surface area contributed by atoms with Crippen LogP contribution in [0.2, 0.25) is 0 Å². The molecule has 1 amide bonds. The smallest absolute Gasteiger partial charge is 0.410 e. The van der Waals surface area contributed by atoms with Crippen molar-refractivity contribution in [2.75, 3.05) is 13.2 Å². The molecule has 1 saturated heterocycles. The van der Waals surface area contributed by atoms with Crippen molar-refractivity contribution in [1.82, 2.24) is 4.90 Å². The molecule has 136 valence electrons. The zero-order valence-electron chi connectivity index (χ0n) is 15.5. The largest absolute Gasteiger partial charge is 0.462 e. The van der Waals surface area contributed by atoms with Crippen molar-refractivity contribution in [2.24, 2.45) is 0 Å². The van der Waals surface area contributed by atoms with Crippen LogP contribution in [0.1, 0.15) is 56.5 Å². The highest BCUT2D eigenvalue weighted by atomic mass is 16.6. The first-order valence-corrected chi connectivity index (χ1v) is 8.75. The van der Waals surface area contributed by atoms with Crippen molar-refractivity contribution >= 4 is 18.1 Å². The maximum absolute atomic E-state index is 12.3. The standard InChI is InChI=1S/C20H27NO4/c1-5-24-18(22)16-11-8-15(9-12-16)10-13-17-7-6-14-21(17)19(23)25-20(2,3)4/h8-13,17H,5-7,14H2,1-4H3/b13-10+/t17-/m0/s1. The maximum atomic E-state index is 12.3. The SMILES string of the molecule is CCOC(=O)c1ccc(/C=C/[C@@H]2CCCN2C(=O)OC(C)(C)C)cc1. The monoisotopic (exact) mass is 345 g/mol. The molecular weight excluding hydrogens is 318 g/mol. The summed E-state index contributed by atoms with van der Waals surface area (Å²) >= 11 is 0. The Morgan fingerprint density at radius 2 is 1.92 bits per heavy atom. The second-order valence-electron chi connectivity index (χ2n) is 7.08. The minimum Gasteiger partial charge on any atom is -0.462 e. The maximum Gasteiger partial charge on any atom is 0.410 e. The summed E-state index contributed by atoms with van der Waals surface area (Å²) in [6, 6.07) is 7.28. The van der Waals surface area contributed by atoms with Gasteiger partial charge in [0.25, 0.3) is 0 Å². The number of amides is 1. The van der Waals surface area contributed by atoms with Crippen molar-refractivity contribution in [3.05, 3.63) is 41.5 Å². The van der Waals surface area contributed by atoms with Crippen LogP contribution >= 0.6 is 0 Å². The number of hydrogen-bond donors (Lipinski definition) is 0. The van der Waals surface area contributed by atoms with Crippen LogP contribution in [0, 0.1) is 0 Å². The second kappa shape index (κ2) is 8.19. The Labute approximate surface area is 149 Å². The molecule has 1 aliphatic heterocycles. The number of nitrogens with zero attached hydrogens (tertiary/aromatic N) is 1. The molecule has 0 spiro atoms. The van der Waals surface area contributed by atoms with Gasteiger partial charge in [0.1, 0.15) is 5.60 Å². The number of benzene rings is 1. The highest BCUT2D eigenvalue weighted by Crippen LogP contribution is 2.22. The van der Waals surface area contributed by atoms with Crippen LogP contribution < -0.4 is 0 Å². The third-order valence-corrected chi connectivity index (χ3v) is 3.86. The fourth-order valence-corrected chi connectivity index (χ4v) is 2.71. The summed E-state index contributed by atoms with van der Waals surface area (Å²) in [7, 11) is 0. The highest BCUT2D eigenvalue weighted by Gasteiger charge is 2.30.